The molecule has 1 aromatic heterocycles. The topological polar surface area (TPSA) is 33.2 Å². The number of carbonyl (C=O) groups is 1. The van der Waals surface area contributed by atoms with E-state index in [4.69, 9.17) is 11.6 Å². The van der Waals surface area contributed by atoms with Crippen molar-refractivity contribution >= 4 is 34.9 Å². The summed E-state index contributed by atoms with van der Waals surface area (Å²) >= 11 is 7.58. The first kappa shape index (κ1) is 16.7. The quantitative estimate of drug-likeness (QED) is 0.751. The van der Waals surface area contributed by atoms with Crippen LogP contribution in [0.25, 0.3) is 6.08 Å². The Hall–Kier alpha value is -1.65. The van der Waals surface area contributed by atoms with E-state index in [1.807, 2.05) is 50.4 Å². The molecule has 0 radical (unpaired) electrons. The van der Waals surface area contributed by atoms with Crippen molar-refractivity contribution in [1.29, 1.82) is 0 Å². The van der Waals surface area contributed by atoms with Crippen molar-refractivity contribution in [2.75, 3.05) is 0 Å². The summed E-state index contributed by atoms with van der Waals surface area (Å²) in [5.41, 5.74) is 1.84. The van der Waals surface area contributed by atoms with Gasteiger partial charge in [0.05, 0.1) is 10.7 Å². The molecule has 22 heavy (non-hydrogen) atoms. The van der Waals surface area contributed by atoms with Gasteiger partial charge in [-0.1, -0.05) is 23.7 Å². The lowest BCUT2D eigenvalue weighted by molar-refractivity contribution is -0.128. The zero-order valence-corrected chi connectivity index (χ0v) is 14.5. The Kier molecular flexibility index (Phi) is 5.75. The summed E-state index contributed by atoms with van der Waals surface area (Å²) in [5.74, 6) is -0.0272. The molecule has 1 heterocycles. The Balaban J connectivity index is 2.10. The predicted octanol–water partition coefficient (Wildman–Crippen LogP) is 4.56. The number of benzene rings is 1. The van der Waals surface area contributed by atoms with Crippen molar-refractivity contribution in [2.45, 2.75) is 33.4 Å². The Labute approximate surface area is 140 Å². The summed E-state index contributed by atoms with van der Waals surface area (Å²) in [5, 5.41) is 3.62. The molecule has 2 aromatic rings. The number of nitrogens with zero attached hydrogens (tertiary/aromatic N) is 2. The maximum Gasteiger partial charge on any atom is 0.247 e. The second-order valence-corrected chi connectivity index (χ2v) is 6.81. The molecule has 0 bridgehead atoms. The van der Waals surface area contributed by atoms with Gasteiger partial charge in [-0.2, -0.15) is 0 Å². The molecule has 0 spiro atoms. The van der Waals surface area contributed by atoms with Crippen LogP contribution >= 0.6 is 22.9 Å². The van der Waals surface area contributed by atoms with Crippen LogP contribution in [0.3, 0.4) is 0 Å². The highest BCUT2D eigenvalue weighted by Crippen LogP contribution is 2.15. The Morgan fingerprint density at radius 3 is 2.82 bits per heavy atom. The van der Waals surface area contributed by atoms with Crippen LogP contribution in [0.4, 0.5) is 0 Å². The van der Waals surface area contributed by atoms with Crippen LogP contribution in [-0.4, -0.2) is 21.8 Å². The van der Waals surface area contributed by atoms with Crippen LogP contribution in [0.5, 0.6) is 0 Å². The van der Waals surface area contributed by atoms with E-state index in [1.165, 1.54) is 0 Å². The van der Waals surface area contributed by atoms with Gasteiger partial charge in [-0.25, -0.2) is 4.98 Å². The van der Waals surface area contributed by atoms with E-state index in [1.54, 1.807) is 28.4 Å². The number of hydrogen-bond acceptors (Lipinski definition) is 3. The molecule has 1 aromatic carbocycles. The van der Waals surface area contributed by atoms with Crippen LogP contribution in [0.1, 0.15) is 30.1 Å². The number of thiazole rings is 1. The Morgan fingerprint density at radius 1 is 1.45 bits per heavy atom. The van der Waals surface area contributed by atoms with E-state index >= 15 is 0 Å². The normalized spacial score (nSPS) is 11.3. The standard InChI is InChI=1S/C17H19ClN2OS/c1-12(2)20(10-14-5-4-6-15(18)9-14)17(21)8-7-16-11-22-13(3)19-16/h4-9,11-12H,10H2,1-3H3. The zero-order valence-electron chi connectivity index (χ0n) is 12.9. The van der Waals surface area contributed by atoms with E-state index in [2.05, 4.69) is 4.98 Å². The third-order valence-electron chi connectivity index (χ3n) is 3.18. The fraction of sp³-hybridized carbons (Fsp3) is 0.294. The van der Waals surface area contributed by atoms with Gasteiger partial charge in [0.1, 0.15) is 0 Å². The molecule has 0 atom stereocenters. The average molecular weight is 335 g/mol. The van der Waals surface area contributed by atoms with Crippen molar-refractivity contribution in [1.82, 2.24) is 9.88 Å². The van der Waals surface area contributed by atoms with Gasteiger partial charge in [-0.15, -0.1) is 11.3 Å². The second kappa shape index (κ2) is 7.56. The number of aromatic nitrogens is 1. The largest absolute Gasteiger partial charge is 0.332 e. The van der Waals surface area contributed by atoms with Gasteiger partial charge in [-0.05, 0) is 44.5 Å². The van der Waals surface area contributed by atoms with Gasteiger partial charge < -0.3 is 4.90 Å². The number of amides is 1. The first-order valence-electron chi connectivity index (χ1n) is 7.11. The van der Waals surface area contributed by atoms with Crippen molar-refractivity contribution < 1.29 is 4.79 Å². The minimum Gasteiger partial charge on any atom is -0.332 e. The summed E-state index contributed by atoms with van der Waals surface area (Å²) in [6, 6.07) is 7.69. The summed E-state index contributed by atoms with van der Waals surface area (Å²) < 4.78 is 0. The van der Waals surface area contributed by atoms with Crippen molar-refractivity contribution in [3.05, 3.63) is 57.0 Å². The number of hydrogen-bond donors (Lipinski definition) is 0. The van der Waals surface area contributed by atoms with Gasteiger partial charge >= 0.3 is 0 Å². The molecule has 5 heteroatoms. The lowest BCUT2D eigenvalue weighted by Crippen LogP contribution is -2.35. The fourth-order valence-electron chi connectivity index (χ4n) is 2.06. The smallest absolute Gasteiger partial charge is 0.247 e. The molecule has 3 nitrogen and oxygen atoms in total. The molecule has 0 saturated heterocycles. The van der Waals surface area contributed by atoms with Gasteiger partial charge in [0.2, 0.25) is 5.91 Å². The van der Waals surface area contributed by atoms with Crippen LogP contribution in [0.15, 0.2) is 35.7 Å². The molecule has 0 saturated carbocycles. The van der Waals surface area contributed by atoms with Crippen molar-refractivity contribution in [2.24, 2.45) is 0 Å². The summed E-state index contributed by atoms with van der Waals surface area (Å²) in [6.45, 7) is 6.49. The molecule has 0 aliphatic rings. The number of rotatable bonds is 5. The minimum absolute atomic E-state index is 0.0272. The van der Waals surface area contributed by atoms with E-state index in [9.17, 15) is 4.79 Å². The fourth-order valence-corrected chi connectivity index (χ4v) is 2.85. The summed E-state index contributed by atoms with van der Waals surface area (Å²) in [4.78, 5) is 18.6. The van der Waals surface area contributed by atoms with E-state index in [0.717, 1.165) is 16.3 Å². The lowest BCUT2D eigenvalue weighted by Gasteiger charge is -2.25. The number of carbonyl (C=O) groups excluding carboxylic acids is 1. The second-order valence-electron chi connectivity index (χ2n) is 5.31. The maximum atomic E-state index is 12.4. The predicted molar refractivity (Wildman–Crippen MR) is 93.0 cm³/mol. The Morgan fingerprint density at radius 2 is 2.23 bits per heavy atom. The third-order valence-corrected chi connectivity index (χ3v) is 4.21. The average Bonchev–Trinajstić information content (AvgIpc) is 2.88. The van der Waals surface area contributed by atoms with E-state index in [-0.39, 0.29) is 11.9 Å². The molecular formula is C17H19ClN2OS. The van der Waals surface area contributed by atoms with E-state index < -0.39 is 0 Å². The molecule has 116 valence electrons. The first-order valence-corrected chi connectivity index (χ1v) is 8.36. The Bertz CT molecular complexity index is 679. The highest BCUT2D eigenvalue weighted by molar-refractivity contribution is 7.09. The van der Waals surface area contributed by atoms with Crippen LogP contribution in [0, 0.1) is 6.92 Å². The number of aryl methyl sites for hydroxylation is 1. The van der Waals surface area contributed by atoms with E-state index in [0.29, 0.717) is 11.6 Å². The molecule has 1 amide bonds. The van der Waals surface area contributed by atoms with Gasteiger partial charge in [-0.3, -0.25) is 4.79 Å². The summed E-state index contributed by atoms with van der Waals surface area (Å²) in [7, 11) is 0. The maximum absolute atomic E-state index is 12.4. The van der Waals surface area contributed by atoms with Crippen molar-refractivity contribution in [3.8, 4) is 0 Å². The zero-order chi connectivity index (χ0) is 16.1. The number of halogens is 1. The van der Waals surface area contributed by atoms with Gasteiger partial charge in [0, 0.05) is 29.1 Å². The molecule has 2 rings (SSSR count). The minimum atomic E-state index is -0.0272. The molecule has 0 aliphatic carbocycles. The summed E-state index contributed by atoms with van der Waals surface area (Å²) in [6.07, 6.45) is 3.35. The molecular weight excluding hydrogens is 316 g/mol. The molecule has 0 N–H and O–H groups in total. The molecule has 0 fully saturated rings. The SMILES string of the molecule is Cc1nc(C=CC(=O)N(Cc2cccc(Cl)c2)C(C)C)cs1. The van der Waals surface area contributed by atoms with Crippen molar-refractivity contribution in [3.63, 3.8) is 0 Å². The van der Waals surface area contributed by atoms with Crippen LogP contribution in [0.2, 0.25) is 5.02 Å². The first-order chi connectivity index (χ1) is 10.5. The highest BCUT2D eigenvalue weighted by atomic mass is 35.5. The monoisotopic (exact) mass is 334 g/mol. The van der Waals surface area contributed by atoms with Crippen LogP contribution in [-0.2, 0) is 11.3 Å². The highest BCUT2D eigenvalue weighted by Gasteiger charge is 2.15. The van der Waals surface area contributed by atoms with Crippen LogP contribution < -0.4 is 0 Å². The van der Waals surface area contributed by atoms with Gasteiger partial charge in [0.25, 0.3) is 0 Å². The lowest BCUT2D eigenvalue weighted by atomic mass is 10.2. The molecule has 0 unspecified atom stereocenters. The van der Waals surface area contributed by atoms with Gasteiger partial charge in [0.15, 0.2) is 0 Å². The third kappa shape index (κ3) is 4.68. The molecule has 0 aliphatic heterocycles.